The van der Waals surface area contributed by atoms with Crippen LogP contribution in [0.5, 0.6) is 0 Å². The van der Waals surface area contributed by atoms with Crippen LogP contribution in [-0.2, 0) is 11.2 Å². The summed E-state index contributed by atoms with van der Waals surface area (Å²) in [7, 11) is 1.98. The predicted molar refractivity (Wildman–Crippen MR) is 92.9 cm³/mol. The van der Waals surface area contributed by atoms with Gasteiger partial charge in [-0.2, -0.15) is 0 Å². The monoisotopic (exact) mass is 374 g/mol. The van der Waals surface area contributed by atoms with Crippen molar-refractivity contribution in [1.29, 1.82) is 0 Å². The number of halogens is 2. The van der Waals surface area contributed by atoms with Crippen LogP contribution in [0, 0.1) is 5.92 Å². The second-order valence-electron chi connectivity index (χ2n) is 5.53. The van der Waals surface area contributed by atoms with Gasteiger partial charge in [0.1, 0.15) is 0 Å². The second kappa shape index (κ2) is 9.44. The molecule has 118 valence electrons. The largest absolute Gasteiger partial charge is 0.342 e. The van der Waals surface area contributed by atoms with E-state index < -0.39 is 0 Å². The van der Waals surface area contributed by atoms with E-state index >= 15 is 0 Å². The summed E-state index contributed by atoms with van der Waals surface area (Å²) in [5.74, 6) is 0.916. The molecule has 1 aromatic carbocycles. The summed E-state index contributed by atoms with van der Waals surface area (Å²) in [6.07, 6.45) is 3.82. The molecular formula is C16H24BrClN2O. The highest BCUT2D eigenvalue weighted by Crippen LogP contribution is 2.17. The Labute approximate surface area is 142 Å². The van der Waals surface area contributed by atoms with E-state index in [2.05, 4.69) is 33.4 Å². The smallest absolute Gasteiger partial charge is 0.222 e. The first-order chi connectivity index (χ1) is 9.69. The number of likely N-dealkylation sites (tertiary alicyclic amines) is 1. The second-order valence-corrected chi connectivity index (χ2v) is 6.45. The summed E-state index contributed by atoms with van der Waals surface area (Å²) in [4.78, 5) is 14.3. The number of benzene rings is 1. The predicted octanol–water partition coefficient (Wildman–Crippen LogP) is 3.26. The number of nitrogens with one attached hydrogen (secondary N) is 1. The lowest BCUT2D eigenvalue weighted by Gasteiger charge is -2.32. The van der Waals surface area contributed by atoms with Crippen molar-refractivity contribution in [1.82, 2.24) is 10.2 Å². The number of nitrogens with zero attached hydrogens (tertiary/aromatic N) is 1. The van der Waals surface area contributed by atoms with Gasteiger partial charge in [-0.15, -0.1) is 12.4 Å². The summed E-state index contributed by atoms with van der Waals surface area (Å²) >= 11 is 3.43. The fourth-order valence-corrected chi connectivity index (χ4v) is 3.07. The van der Waals surface area contributed by atoms with Gasteiger partial charge < -0.3 is 10.2 Å². The number of hydrogen-bond acceptors (Lipinski definition) is 2. The van der Waals surface area contributed by atoms with Gasteiger partial charge >= 0.3 is 0 Å². The number of piperidine rings is 1. The molecule has 1 fully saturated rings. The molecule has 0 bridgehead atoms. The molecule has 1 heterocycles. The topological polar surface area (TPSA) is 32.3 Å². The Bertz CT molecular complexity index is 436. The van der Waals surface area contributed by atoms with Crippen molar-refractivity contribution >= 4 is 34.2 Å². The standard InChI is InChI=1S/C16H23BrN2O.ClH/c1-18-11-14-3-2-10-19(12-14)16(20)9-6-13-4-7-15(17)8-5-13;/h4-5,7-8,14,18H,2-3,6,9-12H2,1H3;1H. The van der Waals surface area contributed by atoms with Crippen molar-refractivity contribution in [2.75, 3.05) is 26.7 Å². The van der Waals surface area contributed by atoms with Crippen molar-refractivity contribution in [2.45, 2.75) is 25.7 Å². The first-order valence-electron chi connectivity index (χ1n) is 7.36. The van der Waals surface area contributed by atoms with Crippen molar-refractivity contribution in [3.63, 3.8) is 0 Å². The molecule has 2 rings (SSSR count). The van der Waals surface area contributed by atoms with Crippen LogP contribution in [0.3, 0.4) is 0 Å². The number of amides is 1. The van der Waals surface area contributed by atoms with Gasteiger partial charge in [0, 0.05) is 24.0 Å². The third-order valence-corrected chi connectivity index (χ3v) is 4.43. The number of aryl methyl sites for hydroxylation is 1. The van der Waals surface area contributed by atoms with Crippen LogP contribution in [0.1, 0.15) is 24.8 Å². The number of hydrogen-bond donors (Lipinski definition) is 1. The molecule has 1 unspecified atom stereocenters. The first-order valence-corrected chi connectivity index (χ1v) is 8.15. The zero-order valence-corrected chi connectivity index (χ0v) is 14.9. The van der Waals surface area contributed by atoms with E-state index in [4.69, 9.17) is 0 Å². The van der Waals surface area contributed by atoms with Crippen molar-refractivity contribution in [3.05, 3.63) is 34.3 Å². The molecule has 1 aliphatic rings. The molecule has 1 saturated heterocycles. The Balaban J connectivity index is 0.00000220. The fourth-order valence-electron chi connectivity index (χ4n) is 2.81. The molecule has 1 aromatic rings. The molecule has 3 nitrogen and oxygen atoms in total. The number of carbonyl (C=O) groups is 1. The summed E-state index contributed by atoms with van der Waals surface area (Å²) in [5.41, 5.74) is 1.23. The van der Waals surface area contributed by atoms with Gasteiger partial charge in [-0.25, -0.2) is 0 Å². The Morgan fingerprint density at radius 2 is 2.10 bits per heavy atom. The van der Waals surface area contributed by atoms with E-state index in [9.17, 15) is 4.79 Å². The molecule has 1 N–H and O–H groups in total. The van der Waals surface area contributed by atoms with E-state index in [0.717, 1.165) is 36.9 Å². The van der Waals surface area contributed by atoms with E-state index in [0.29, 0.717) is 18.2 Å². The van der Waals surface area contributed by atoms with E-state index in [1.807, 2.05) is 24.1 Å². The summed E-state index contributed by atoms with van der Waals surface area (Å²) in [6, 6.07) is 8.22. The molecule has 5 heteroatoms. The molecule has 0 radical (unpaired) electrons. The SMILES string of the molecule is CNCC1CCCN(C(=O)CCc2ccc(Br)cc2)C1.Cl. The lowest BCUT2D eigenvalue weighted by molar-refractivity contribution is -0.132. The van der Waals surface area contributed by atoms with Gasteiger partial charge in [-0.05, 0) is 56.5 Å². The zero-order chi connectivity index (χ0) is 14.4. The van der Waals surface area contributed by atoms with Crippen molar-refractivity contribution < 1.29 is 4.79 Å². The summed E-state index contributed by atoms with van der Waals surface area (Å²) < 4.78 is 1.08. The average Bonchev–Trinajstić information content (AvgIpc) is 2.47. The minimum atomic E-state index is 0. The van der Waals surface area contributed by atoms with Gasteiger partial charge in [0.05, 0.1) is 0 Å². The minimum Gasteiger partial charge on any atom is -0.342 e. The van der Waals surface area contributed by atoms with Crippen LogP contribution in [0.25, 0.3) is 0 Å². The van der Waals surface area contributed by atoms with Crippen molar-refractivity contribution in [2.24, 2.45) is 5.92 Å². The van der Waals surface area contributed by atoms with Crippen LogP contribution in [-0.4, -0.2) is 37.5 Å². The molecule has 1 atom stereocenters. The van der Waals surface area contributed by atoms with Gasteiger partial charge in [0.2, 0.25) is 5.91 Å². The molecule has 0 spiro atoms. The lowest BCUT2D eigenvalue weighted by atomic mass is 9.97. The lowest BCUT2D eigenvalue weighted by Crippen LogP contribution is -2.42. The average molecular weight is 376 g/mol. The highest BCUT2D eigenvalue weighted by atomic mass is 79.9. The van der Waals surface area contributed by atoms with Crippen LogP contribution >= 0.6 is 28.3 Å². The number of carbonyl (C=O) groups excluding carboxylic acids is 1. The Hall–Kier alpha value is -0.580. The Kier molecular flexibility index (Phi) is 8.30. The van der Waals surface area contributed by atoms with E-state index in [1.54, 1.807) is 0 Å². The molecule has 0 saturated carbocycles. The van der Waals surface area contributed by atoms with Crippen LogP contribution in [0.2, 0.25) is 0 Å². The van der Waals surface area contributed by atoms with Crippen LogP contribution < -0.4 is 5.32 Å². The molecule has 0 aromatic heterocycles. The molecule has 21 heavy (non-hydrogen) atoms. The Morgan fingerprint density at radius 3 is 2.76 bits per heavy atom. The van der Waals surface area contributed by atoms with Crippen molar-refractivity contribution in [3.8, 4) is 0 Å². The van der Waals surface area contributed by atoms with Gasteiger partial charge in [-0.3, -0.25) is 4.79 Å². The van der Waals surface area contributed by atoms with E-state index in [1.165, 1.54) is 12.0 Å². The zero-order valence-electron chi connectivity index (χ0n) is 12.5. The van der Waals surface area contributed by atoms with Crippen LogP contribution in [0.4, 0.5) is 0 Å². The first kappa shape index (κ1) is 18.5. The molecule has 1 aliphatic heterocycles. The van der Waals surface area contributed by atoms with Gasteiger partial charge in [0.15, 0.2) is 0 Å². The maximum atomic E-state index is 12.3. The normalized spacial score (nSPS) is 18.2. The summed E-state index contributed by atoms with van der Waals surface area (Å²) in [5, 5.41) is 3.22. The minimum absolute atomic E-state index is 0. The highest BCUT2D eigenvalue weighted by molar-refractivity contribution is 9.10. The maximum Gasteiger partial charge on any atom is 0.222 e. The molecule has 1 amide bonds. The highest BCUT2D eigenvalue weighted by Gasteiger charge is 2.22. The summed E-state index contributed by atoms with van der Waals surface area (Å²) in [6.45, 7) is 2.86. The van der Waals surface area contributed by atoms with Gasteiger partial charge in [0.25, 0.3) is 0 Å². The molecule has 0 aliphatic carbocycles. The van der Waals surface area contributed by atoms with Crippen LogP contribution in [0.15, 0.2) is 28.7 Å². The third kappa shape index (κ3) is 5.97. The van der Waals surface area contributed by atoms with Gasteiger partial charge in [-0.1, -0.05) is 28.1 Å². The fraction of sp³-hybridized carbons (Fsp3) is 0.562. The Morgan fingerprint density at radius 1 is 1.38 bits per heavy atom. The third-order valence-electron chi connectivity index (χ3n) is 3.91. The molecular weight excluding hydrogens is 352 g/mol. The number of rotatable bonds is 5. The van der Waals surface area contributed by atoms with E-state index in [-0.39, 0.29) is 12.4 Å². The quantitative estimate of drug-likeness (QED) is 0.856. The maximum absolute atomic E-state index is 12.3.